The molecule has 0 spiro atoms. The van der Waals surface area contributed by atoms with Gasteiger partial charge < -0.3 is 4.90 Å². The summed E-state index contributed by atoms with van der Waals surface area (Å²) in [5.41, 5.74) is 0. The molecule has 1 unspecified atom stereocenters. The lowest BCUT2D eigenvalue weighted by Gasteiger charge is -2.31. The van der Waals surface area contributed by atoms with Crippen molar-refractivity contribution in [1.29, 1.82) is 0 Å². The van der Waals surface area contributed by atoms with Crippen LogP contribution in [0.1, 0.15) is 51.9 Å². The molecule has 0 aromatic heterocycles. The zero-order chi connectivity index (χ0) is 11.8. The molecule has 0 aliphatic carbocycles. The second-order valence-electron chi connectivity index (χ2n) is 4.81. The summed E-state index contributed by atoms with van der Waals surface area (Å²) in [6.07, 6.45) is 7.75. The first-order valence-electron chi connectivity index (χ1n) is 6.61. The average Bonchev–Trinajstić information content (AvgIpc) is 2.34. The van der Waals surface area contributed by atoms with E-state index in [0.29, 0.717) is 17.7 Å². The largest absolute Gasteiger partial charge is 0.342 e. The minimum absolute atomic E-state index is 0.339. The van der Waals surface area contributed by atoms with Crippen LogP contribution in [0.15, 0.2) is 0 Å². The summed E-state index contributed by atoms with van der Waals surface area (Å²) in [7, 11) is 0. The number of hydrogen-bond donors (Lipinski definition) is 0. The first-order chi connectivity index (χ1) is 7.77. The maximum Gasteiger partial charge on any atom is 0.222 e. The summed E-state index contributed by atoms with van der Waals surface area (Å²) in [6, 6.07) is 0. The third kappa shape index (κ3) is 4.73. The Morgan fingerprint density at radius 3 is 2.88 bits per heavy atom. The van der Waals surface area contributed by atoms with Crippen molar-refractivity contribution in [1.82, 2.24) is 4.90 Å². The van der Waals surface area contributed by atoms with Crippen molar-refractivity contribution >= 4 is 17.5 Å². The topological polar surface area (TPSA) is 20.3 Å². The second kappa shape index (κ2) is 7.94. The molecule has 0 saturated carbocycles. The summed E-state index contributed by atoms with van der Waals surface area (Å²) < 4.78 is 0. The number of amides is 1. The van der Waals surface area contributed by atoms with Crippen molar-refractivity contribution in [2.24, 2.45) is 5.92 Å². The summed E-state index contributed by atoms with van der Waals surface area (Å²) in [5.74, 6) is 1.56. The number of carbonyl (C=O) groups is 1. The predicted molar refractivity (Wildman–Crippen MR) is 68.8 cm³/mol. The van der Waals surface area contributed by atoms with Crippen LogP contribution in [0.4, 0.5) is 0 Å². The molecule has 0 radical (unpaired) electrons. The number of carbonyl (C=O) groups excluding carboxylic acids is 1. The number of nitrogens with zero attached hydrogens (tertiary/aromatic N) is 1. The molecule has 2 nitrogen and oxygen atoms in total. The fourth-order valence-corrected chi connectivity index (χ4v) is 2.53. The molecule has 94 valence electrons. The fourth-order valence-electron chi connectivity index (χ4n) is 2.28. The van der Waals surface area contributed by atoms with Crippen LogP contribution in [0.25, 0.3) is 0 Å². The molecule has 0 bridgehead atoms. The van der Waals surface area contributed by atoms with Gasteiger partial charge in [0.05, 0.1) is 0 Å². The van der Waals surface area contributed by atoms with Crippen molar-refractivity contribution in [2.45, 2.75) is 51.9 Å². The molecule has 1 atom stereocenters. The standard InChI is InChI=1S/C13H24ClNO/c1-2-3-4-5-8-13(16)15-9-6-7-12(10-14)11-15/h12H,2-11H2,1H3. The quantitative estimate of drug-likeness (QED) is 0.519. The first kappa shape index (κ1) is 13.8. The van der Waals surface area contributed by atoms with Crippen LogP contribution < -0.4 is 0 Å². The van der Waals surface area contributed by atoms with E-state index in [1.807, 2.05) is 4.90 Å². The van der Waals surface area contributed by atoms with Crippen LogP contribution in [0, 0.1) is 5.92 Å². The van der Waals surface area contributed by atoms with E-state index < -0.39 is 0 Å². The van der Waals surface area contributed by atoms with Gasteiger partial charge in [-0.05, 0) is 25.2 Å². The monoisotopic (exact) mass is 245 g/mol. The number of alkyl halides is 1. The summed E-state index contributed by atoms with van der Waals surface area (Å²) >= 11 is 5.86. The Hall–Kier alpha value is -0.240. The van der Waals surface area contributed by atoms with Gasteiger partial charge in [0, 0.05) is 25.4 Å². The summed E-state index contributed by atoms with van der Waals surface area (Å²) in [6.45, 7) is 4.02. The highest BCUT2D eigenvalue weighted by atomic mass is 35.5. The van der Waals surface area contributed by atoms with Gasteiger partial charge in [0.1, 0.15) is 0 Å². The molecule has 0 aromatic carbocycles. The highest BCUT2D eigenvalue weighted by Crippen LogP contribution is 2.18. The van der Waals surface area contributed by atoms with Gasteiger partial charge in [-0.3, -0.25) is 4.79 Å². The summed E-state index contributed by atoms with van der Waals surface area (Å²) in [4.78, 5) is 13.9. The van der Waals surface area contributed by atoms with Gasteiger partial charge in [-0.2, -0.15) is 0 Å². The SMILES string of the molecule is CCCCCCC(=O)N1CCCC(CCl)C1. The Morgan fingerprint density at radius 1 is 1.38 bits per heavy atom. The molecule has 3 heteroatoms. The van der Waals surface area contributed by atoms with Gasteiger partial charge in [-0.15, -0.1) is 11.6 Å². The molecule has 1 rings (SSSR count). The maximum absolute atomic E-state index is 11.9. The van der Waals surface area contributed by atoms with Gasteiger partial charge in [0.15, 0.2) is 0 Å². The molecule has 0 aromatic rings. The van der Waals surface area contributed by atoms with Crippen molar-refractivity contribution in [2.75, 3.05) is 19.0 Å². The number of rotatable bonds is 6. The lowest BCUT2D eigenvalue weighted by Crippen LogP contribution is -2.40. The van der Waals surface area contributed by atoms with Gasteiger partial charge in [0.2, 0.25) is 5.91 Å². The van der Waals surface area contributed by atoms with Crippen LogP contribution in [-0.2, 0) is 4.79 Å². The molecule has 0 N–H and O–H groups in total. The Morgan fingerprint density at radius 2 is 2.19 bits per heavy atom. The molecule has 1 heterocycles. The Labute approximate surface area is 104 Å². The average molecular weight is 246 g/mol. The Balaban J connectivity index is 2.19. The lowest BCUT2D eigenvalue weighted by molar-refractivity contribution is -0.133. The Bertz CT molecular complexity index is 208. The van der Waals surface area contributed by atoms with Gasteiger partial charge >= 0.3 is 0 Å². The van der Waals surface area contributed by atoms with Gasteiger partial charge in [-0.1, -0.05) is 26.2 Å². The van der Waals surface area contributed by atoms with Gasteiger partial charge in [-0.25, -0.2) is 0 Å². The van der Waals surface area contributed by atoms with Crippen molar-refractivity contribution in [3.05, 3.63) is 0 Å². The first-order valence-corrected chi connectivity index (χ1v) is 7.15. The molecule has 16 heavy (non-hydrogen) atoms. The van der Waals surface area contributed by atoms with Gasteiger partial charge in [0.25, 0.3) is 0 Å². The number of unbranched alkanes of at least 4 members (excludes halogenated alkanes) is 3. The van der Waals surface area contributed by atoms with Crippen LogP contribution in [0.2, 0.25) is 0 Å². The summed E-state index contributed by atoms with van der Waals surface area (Å²) in [5, 5.41) is 0. The highest BCUT2D eigenvalue weighted by molar-refractivity contribution is 6.18. The second-order valence-corrected chi connectivity index (χ2v) is 5.12. The Kier molecular flexibility index (Phi) is 6.86. The van der Waals surface area contributed by atoms with E-state index in [1.165, 1.54) is 25.7 Å². The van der Waals surface area contributed by atoms with E-state index in [4.69, 9.17) is 11.6 Å². The van der Waals surface area contributed by atoms with Crippen molar-refractivity contribution < 1.29 is 4.79 Å². The normalized spacial score (nSPS) is 21.1. The molecule has 1 amide bonds. The highest BCUT2D eigenvalue weighted by Gasteiger charge is 2.22. The zero-order valence-corrected chi connectivity index (χ0v) is 11.1. The smallest absolute Gasteiger partial charge is 0.222 e. The van der Waals surface area contributed by atoms with E-state index in [0.717, 1.165) is 32.4 Å². The van der Waals surface area contributed by atoms with Crippen LogP contribution in [0.5, 0.6) is 0 Å². The third-order valence-electron chi connectivity index (χ3n) is 3.33. The molecule has 1 aliphatic rings. The van der Waals surface area contributed by atoms with E-state index in [-0.39, 0.29) is 0 Å². The minimum atomic E-state index is 0.339. The maximum atomic E-state index is 11.9. The van der Waals surface area contributed by atoms with E-state index in [1.54, 1.807) is 0 Å². The van der Waals surface area contributed by atoms with Crippen molar-refractivity contribution in [3.63, 3.8) is 0 Å². The minimum Gasteiger partial charge on any atom is -0.342 e. The number of hydrogen-bond acceptors (Lipinski definition) is 1. The van der Waals surface area contributed by atoms with Crippen LogP contribution in [-0.4, -0.2) is 29.8 Å². The van der Waals surface area contributed by atoms with E-state index in [9.17, 15) is 4.79 Å². The number of halogens is 1. The molecule has 1 saturated heterocycles. The molecular weight excluding hydrogens is 222 g/mol. The number of likely N-dealkylation sites (tertiary alicyclic amines) is 1. The molecular formula is C13H24ClNO. The third-order valence-corrected chi connectivity index (χ3v) is 3.77. The van der Waals surface area contributed by atoms with Crippen molar-refractivity contribution in [3.8, 4) is 0 Å². The number of piperidine rings is 1. The van der Waals surface area contributed by atoms with Crippen LogP contribution in [0.3, 0.4) is 0 Å². The van der Waals surface area contributed by atoms with Crippen LogP contribution >= 0.6 is 11.6 Å². The molecule has 1 fully saturated rings. The molecule has 1 aliphatic heterocycles. The fraction of sp³-hybridized carbons (Fsp3) is 0.923. The predicted octanol–water partition coefficient (Wildman–Crippen LogP) is 3.43. The lowest BCUT2D eigenvalue weighted by atomic mass is 9.99. The van der Waals surface area contributed by atoms with E-state index in [2.05, 4.69) is 6.92 Å². The zero-order valence-electron chi connectivity index (χ0n) is 10.4. The van der Waals surface area contributed by atoms with E-state index >= 15 is 0 Å².